The number of anilines is 1. The van der Waals surface area contributed by atoms with Crippen molar-refractivity contribution >= 4 is 5.69 Å². The lowest BCUT2D eigenvalue weighted by atomic mass is 9.86. The highest BCUT2D eigenvalue weighted by Gasteiger charge is 2.24. The second kappa shape index (κ2) is 7.26. The highest BCUT2D eigenvalue weighted by molar-refractivity contribution is 5.55. The highest BCUT2D eigenvalue weighted by atomic mass is 19.1. The minimum absolute atomic E-state index is 0.149. The van der Waals surface area contributed by atoms with E-state index in [1.165, 1.54) is 31.4 Å². The van der Waals surface area contributed by atoms with Crippen molar-refractivity contribution in [2.45, 2.75) is 58.5 Å². The molecule has 0 heterocycles. The highest BCUT2D eigenvalue weighted by Crippen LogP contribution is 2.33. The number of benzene rings is 1. The minimum atomic E-state index is -0.149. The van der Waals surface area contributed by atoms with Crippen LogP contribution in [0.25, 0.3) is 0 Å². The van der Waals surface area contributed by atoms with Gasteiger partial charge in [-0.1, -0.05) is 13.8 Å². The second-order valence-electron chi connectivity index (χ2n) is 6.51. The zero-order valence-corrected chi connectivity index (χ0v) is 13.8. The van der Waals surface area contributed by atoms with E-state index in [2.05, 4.69) is 38.0 Å². The number of hydrogen-bond donors (Lipinski definition) is 1. The Hall–Kier alpha value is -1.09. The first kappa shape index (κ1) is 16.3. The van der Waals surface area contributed by atoms with Gasteiger partial charge in [0.2, 0.25) is 0 Å². The third-order valence-corrected chi connectivity index (χ3v) is 4.88. The molecule has 2 rings (SSSR count). The SMILES string of the molecule is CCNC(C)c1cc(F)ccc1N(C)C1CCC(C)CC1. The van der Waals surface area contributed by atoms with Crippen molar-refractivity contribution in [1.82, 2.24) is 5.32 Å². The second-order valence-corrected chi connectivity index (χ2v) is 6.51. The molecular weight excluding hydrogens is 263 g/mol. The Labute approximate surface area is 128 Å². The molecule has 1 saturated carbocycles. The smallest absolute Gasteiger partial charge is 0.123 e. The average Bonchev–Trinajstić information content (AvgIpc) is 2.47. The maximum Gasteiger partial charge on any atom is 0.123 e. The van der Waals surface area contributed by atoms with Gasteiger partial charge in [0.05, 0.1) is 0 Å². The fourth-order valence-corrected chi connectivity index (χ4v) is 3.44. The Bertz CT molecular complexity index is 453. The molecule has 0 saturated heterocycles. The summed E-state index contributed by atoms with van der Waals surface area (Å²) in [6.45, 7) is 7.43. The molecule has 1 fully saturated rings. The van der Waals surface area contributed by atoms with Gasteiger partial charge in [-0.15, -0.1) is 0 Å². The van der Waals surface area contributed by atoms with E-state index in [9.17, 15) is 4.39 Å². The molecule has 3 heteroatoms. The van der Waals surface area contributed by atoms with Crippen molar-refractivity contribution in [3.05, 3.63) is 29.6 Å². The van der Waals surface area contributed by atoms with Crippen LogP contribution in [-0.4, -0.2) is 19.6 Å². The summed E-state index contributed by atoms with van der Waals surface area (Å²) in [5.74, 6) is 0.701. The molecule has 1 atom stereocenters. The molecule has 2 nitrogen and oxygen atoms in total. The topological polar surface area (TPSA) is 15.3 Å². The summed E-state index contributed by atoms with van der Waals surface area (Å²) in [7, 11) is 2.16. The first-order valence-corrected chi connectivity index (χ1v) is 8.28. The van der Waals surface area contributed by atoms with Gasteiger partial charge in [0.15, 0.2) is 0 Å². The Morgan fingerprint density at radius 1 is 1.29 bits per heavy atom. The number of hydrogen-bond acceptors (Lipinski definition) is 2. The molecule has 1 aliphatic carbocycles. The molecule has 0 bridgehead atoms. The summed E-state index contributed by atoms with van der Waals surface area (Å²) in [5, 5.41) is 3.40. The first-order valence-electron chi connectivity index (χ1n) is 8.28. The molecule has 1 aromatic rings. The molecule has 1 aliphatic rings. The van der Waals surface area contributed by atoms with Gasteiger partial charge in [-0.25, -0.2) is 4.39 Å². The summed E-state index contributed by atoms with van der Waals surface area (Å²) in [6.07, 6.45) is 5.08. The Morgan fingerprint density at radius 3 is 2.57 bits per heavy atom. The van der Waals surface area contributed by atoms with E-state index in [0.717, 1.165) is 18.0 Å². The van der Waals surface area contributed by atoms with E-state index >= 15 is 0 Å². The van der Waals surface area contributed by atoms with E-state index in [0.29, 0.717) is 6.04 Å². The van der Waals surface area contributed by atoms with Crippen molar-refractivity contribution in [1.29, 1.82) is 0 Å². The lowest BCUT2D eigenvalue weighted by molar-refractivity contribution is 0.340. The minimum Gasteiger partial charge on any atom is -0.371 e. The maximum atomic E-state index is 13.7. The van der Waals surface area contributed by atoms with Crippen LogP contribution in [0.5, 0.6) is 0 Å². The van der Waals surface area contributed by atoms with Crippen molar-refractivity contribution < 1.29 is 4.39 Å². The van der Waals surface area contributed by atoms with Crippen LogP contribution in [0, 0.1) is 11.7 Å². The van der Waals surface area contributed by atoms with Crippen LogP contribution >= 0.6 is 0 Å². The largest absolute Gasteiger partial charge is 0.371 e. The molecule has 1 unspecified atom stereocenters. The van der Waals surface area contributed by atoms with Crippen LogP contribution in [-0.2, 0) is 0 Å². The van der Waals surface area contributed by atoms with E-state index in [1.807, 2.05) is 6.07 Å². The van der Waals surface area contributed by atoms with Gasteiger partial charge in [0, 0.05) is 24.8 Å². The fraction of sp³-hybridized carbons (Fsp3) is 0.667. The zero-order valence-electron chi connectivity index (χ0n) is 13.8. The van der Waals surface area contributed by atoms with E-state index in [-0.39, 0.29) is 11.9 Å². The summed E-state index contributed by atoms with van der Waals surface area (Å²) in [6, 6.07) is 5.96. The quantitative estimate of drug-likeness (QED) is 0.859. The number of rotatable bonds is 5. The Balaban J connectivity index is 2.21. The summed E-state index contributed by atoms with van der Waals surface area (Å²) < 4.78 is 13.7. The third kappa shape index (κ3) is 3.97. The Kier molecular flexibility index (Phi) is 5.63. The monoisotopic (exact) mass is 292 g/mol. The molecule has 118 valence electrons. The van der Waals surface area contributed by atoms with Crippen LogP contribution in [0.1, 0.15) is 58.1 Å². The van der Waals surface area contributed by atoms with Crippen molar-refractivity contribution in [3.63, 3.8) is 0 Å². The normalized spacial score (nSPS) is 23.9. The third-order valence-electron chi connectivity index (χ3n) is 4.88. The zero-order chi connectivity index (χ0) is 15.4. The average molecular weight is 292 g/mol. The molecule has 0 spiro atoms. The van der Waals surface area contributed by atoms with Gasteiger partial charge in [-0.2, -0.15) is 0 Å². The fourth-order valence-electron chi connectivity index (χ4n) is 3.44. The van der Waals surface area contributed by atoms with Crippen LogP contribution < -0.4 is 10.2 Å². The van der Waals surface area contributed by atoms with Crippen molar-refractivity contribution in [3.8, 4) is 0 Å². The van der Waals surface area contributed by atoms with Crippen LogP contribution in [0.2, 0.25) is 0 Å². The van der Waals surface area contributed by atoms with E-state index in [4.69, 9.17) is 0 Å². The molecule has 0 amide bonds. The number of halogens is 1. The predicted octanol–water partition coefficient (Wildman–Crippen LogP) is 4.51. The van der Waals surface area contributed by atoms with Crippen LogP contribution in [0.4, 0.5) is 10.1 Å². The van der Waals surface area contributed by atoms with E-state index in [1.54, 1.807) is 12.1 Å². The maximum absolute atomic E-state index is 13.7. The van der Waals surface area contributed by atoms with Gasteiger partial charge in [0.1, 0.15) is 5.82 Å². The summed E-state index contributed by atoms with van der Waals surface area (Å²) in [5.41, 5.74) is 2.24. The molecule has 0 aliphatic heterocycles. The standard InChI is InChI=1S/C18H29FN2/c1-5-20-14(3)17-12-15(19)8-11-18(17)21(4)16-9-6-13(2)7-10-16/h8,11-14,16,20H,5-7,9-10H2,1-4H3. The number of nitrogens with one attached hydrogen (secondary N) is 1. The van der Waals surface area contributed by atoms with Crippen LogP contribution in [0.3, 0.4) is 0 Å². The van der Waals surface area contributed by atoms with Gasteiger partial charge in [-0.05, 0) is 68.8 Å². The van der Waals surface area contributed by atoms with Gasteiger partial charge < -0.3 is 10.2 Å². The summed E-state index contributed by atoms with van der Waals surface area (Å²) in [4.78, 5) is 2.37. The van der Waals surface area contributed by atoms with Gasteiger partial charge in [0.25, 0.3) is 0 Å². The first-order chi connectivity index (χ1) is 10.0. The van der Waals surface area contributed by atoms with Gasteiger partial charge >= 0.3 is 0 Å². The van der Waals surface area contributed by atoms with Gasteiger partial charge in [-0.3, -0.25) is 0 Å². The van der Waals surface area contributed by atoms with Crippen LogP contribution in [0.15, 0.2) is 18.2 Å². The lowest BCUT2D eigenvalue weighted by Gasteiger charge is -2.36. The molecule has 0 aromatic heterocycles. The molecular formula is C18H29FN2. The Morgan fingerprint density at radius 2 is 1.95 bits per heavy atom. The predicted molar refractivity (Wildman–Crippen MR) is 88.3 cm³/mol. The molecule has 1 aromatic carbocycles. The van der Waals surface area contributed by atoms with Crippen molar-refractivity contribution in [2.75, 3.05) is 18.5 Å². The van der Waals surface area contributed by atoms with E-state index < -0.39 is 0 Å². The molecule has 21 heavy (non-hydrogen) atoms. The number of nitrogens with zero attached hydrogens (tertiary/aromatic N) is 1. The lowest BCUT2D eigenvalue weighted by Crippen LogP contribution is -2.36. The summed E-state index contributed by atoms with van der Waals surface area (Å²) >= 11 is 0. The van der Waals surface area contributed by atoms with Crippen molar-refractivity contribution in [2.24, 2.45) is 5.92 Å². The molecule has 0 radical (unpaired) electrons. The molecule has 1 N–H and O–H groups in total.